The van der Waals surface area contributed by atoms with E-state index in [4.69, 9.17) is 0 Å². The third-order valence-electron chi connectivity index (χ3n) is 3.56. The van der Waals surface area contributed by atoms with E-state index in [1.165, 1.54) is 23.1 Å². The Hall–Kier alpha value is -0.840. The normalized spacial score (nSPS) is 15.5. The number of hydrogen-bond donors (Lipinski definition) is 0. The monoisotopic (exact) mass is 389 g/mol. The number of rotatable bonds is 7. The van der Waals surface area contributed by atoms with E-state index in [1.807, 2.05) is 4.90 Å². The van der Waals surface area contributed by atoms with Gasteiger partial charge >= 0.3 is 0 Å². The SMILES string of the molecule is CCSc1nnc(SCC(=O)N2CCN(CC(=O)N(C)C)CC2)s1. The smallest absolute Gasteiger partial charge is 0.236 e. The van der Waals surface area contributed by atoms with Crippen molar-refractivity contribution in [3.8, 4) is 0 Å². The van der Waals surface area contributed by atoms with Crippen LogP contribution in [0.4, 0.5) is 0 Å². The lowest BCUT2D eigenvalue weighted by Crippen LogP contribution is -2.51. The van der Waals surface area contributed by atoms with Gasteiger partial charge in [-0.1, -0.05) is 41.8 Å². The summed E-state index contributed by atoms with van der Waals surface area (Å²) in [5.41, 5.74) is 0. The molecule has 1 saturated heterocycles. The molecule has 0 aromatic carbocycles. The maximum Gasteiger partial charge on any atom is 0.236 e. The van der Waals surface area contributed by atoms with E-state index in [1.54, 1.807) is 30.8 Å². The molecular formula is C14H23N5O2S3. The standard InChI is InChI=1S/C14H23N5O2S3/c1-4-22-13-15-16-14(24-13)23-10-12(21)19-7-5-18(6-8-19)9-11(20)17(2)3/h4-10H2,1-3H3. The minimum atomic E-state index is 0.0994. The number of amides is 2. The zero-order valence-electron chi connectivity index (χ0n) is 14.2. The van der Waals surface area contributed by atoms with Crippen LogP contribution in [0.3, 0.4) is 0 Å². The van der Waals surface area contributed by atoms with E-state index in [9.17, 15) is 9.59 Å². The van der Waals surface area contributed by atoms with Crippen molar-refractivity contribution in [2.45, 2.75) is 15.6 Å². The highest BCUT2D eigenvalue weighted by Gasteiger charge is 2.23. The molecule has 24 heavy (non-hydrogen) atoms. The summed E-state index contributed by atoms with van der Waals surface area (Å²) in [5, 5.41) is 8.19. The van der Waals surface area contributed by atoms with E-state index < -0.39 is 0 Å². The van der Waals surface area contributed by atoms with Crippen LogP contribution in [0, 0.1) is 0 Å². The highest BCUT2D eigenvalue weighted by Crippen LogP contribution is 2.28. The lowest BCUT2D eigenvalue weighted by molar-refractivity contribution is -0.132. The molecule has 1 aromatic rings. The highest BCUT2D eigenvalue weighted by atomic mass is 32.2. The van der Waals surface area contributed by atoms with Gasteiger partial charge in [0.05, 0.1) is 12.3 Å². The third-order valence-corrected chi connectivity index (χ3v) is 6.61. The van der Waals surface area contributed by atoms with E-state index in [0.717, 1.165) is 27.5 Å². The fourth-order valence-corrected chi connectivity index (χ4v) is 4.96. The summed E-state index contributed by atoms with van der Waals surface area (Å²) in [6.45, 7) is 5.33. The molecule has 134 valence electrons. The van der Waals surface area contributed by atoms with Crippen LogP contribution < -0.4 is 0 Å². The Bertz CT molecular complexity index is 558. The number of aromatic nitrogens is 2. The zero-order chi connectivity index (χ0) is 17.5. The van der Waals surface area contributed by atoms with Gasteiger partial charge in [0.2, 0.25) is 11.8 Å². The lowest BCUT2D eigenvalue weighted by atomic mass is 10.3. The first kappa shape index (κ1) is 19.5. The molecule has 7 nitrogen and oxygen atoms in total. The van der Waals surface area contributed by atoms with Crippen molar-refractivity contribution in [1.29, 1.82) is 0 Å². The average molecular weight is 390 g/mol. The molecule has 1 aliphatic heterocycles. The number of thioether (sulfide) groups is 2. The molecule has 1 aromatic heterocycles. The molecular weight excluding hydrogens is 366 g/mol. The molecule has 0 N–H and O–H groups in total. The van der Waals surface area contributed by atoms with Crippen LogP contribution in [0.15, 0.2) is 8.68 Å². The molecule has 2 heterocycles. The van der Waals surface area contributed by atoms with Crippen molar-refractivity contribution in [1.82, 2.24) is 24.9 Å². The van der Waals surface area contributed by atoms with Crippen LogP contribution >= 0.6 is 34.9 Å². The van der Waals surface area contributed by atoms with Gasteiger partial charge in [0.25, 0.3) is 0 Å². The zero-order valence-corrected chi connectivity index (χ0v) is 16.7. The first-order valence-corrected chi connectivity index (χ1v) is 10.6. The topological polar surface area (TPSA) is 69.6 Å². The predicted molar refractivity (Wildman–Crippen MR) is 98.7 cm³/mol. The van der Waals surface area contributed by atoms with Crippen LogP contribution in [0.25, 0.3) is 0 Å². The molecule has 2 rings (SSSR count). The Kier molecular flexibility index (Phi) is 7.79. The molecule has 0 saturated carbocycles. The first-order chi connectivity index (χ1) is 11.5. The largest absolute Gasteiger partial charge is 0.348 e. The second-order valence-electron chi connectivity index (χ2n) is 5.50. The van der Waals surface area contributed by atoms with E-state index in [2.05, 4.69) is 22.0 Å². The van der Waals surface area contributed by atoms with Crippen molar-refractivity contribution in [2.75, 3.05) is 58.3 Å². The molecule has 0 unspecified atom stereocenters. The van der Waals surface area contributed by atoms with Crippen LogP contribution in [0.1, 0.15) is 6.92 Å². The molecule has 1 aliphatic rings. The maximum atomic E-state index is 12.3. The minimum absolute atomic E-state index is 0.0994. The fraction of sp³-hybridized carbons (Fsp3) is 0.714. The maximum absolute atomic E-state index is 12.3. The van der Waals surface area contributed by atoms with Gasteiger partial charge in [-0.05, 0) is 5.75 Å². The number of hydrogen-bond acceptors (Lipinski definition) is 8. The number of carbonyl (C=O) groups excluding carboxylic acids is 2. The Balaban J connectivity index is 1.71. The van der Waals surface area contributed by atoms with Gasteiger partial charge < -0.3 is 9.80 Å². The van der Waals surface area contributed by atoms with Crippen molar-refractivity contribution in [3.05, 3.63) is 0 Å². The van der Waals surface area contributed by atoms with Crippen LogP contribution in [-0.4, -0.2) is 95.0 Å². The fourth-order valence-electron chi connectivity index (χ4n) is 2.14. The predicted octanol–water partition coefficient (Wildman–Crippen LogP) is 0.975. The van der Waals surface area contributed by atoms with Gasteiger partial charge in [0.1, 0.15) is 0 Å². The summed E-state index contributed by atoms with van der Waals surface area (Å²) in [5.74, 6) is 1.58. The molecule has 10 heteroatoms. The number of nitrogens with zero attached hydrogens (tertiary/aromatic N) is 5. The molecule has 0 radical (unpaired) electrons. The quantitative estimate of drug-likeness (QED) is 0.644. The minimum Gasteiger partial charge on any atom is -0.348 e. The average Bonchev–Trinajstić information content (AvgIpc) is 3.01. The highest BCUT2D eigenvalue weighted by molar-refractivity contribution is 8.03. The van der Waals surface area contributed by atoms with Gasteiger partial charge in [-0.2, -0.15) is 0 Å². The lowest BCUT2D eigenvalue weighted by Gasteiger charge is -2.34. The molecule has 0 aliphatic carbocycles. The van der Waals surface area contributed by atoms with Crippen molar-refractivity contribution >= 4 is 46.7 Å². The van der Waals surface area contributed by atoms with E-state index >= 15 is 0 Å². The van der Waals surface area contributed by atoms with Gasteiger partial charge in [-0.15, -0.1) is 10.2 Å². The van der Waals surface area contributed by atoms with E-state index in [0.29, 0.717) is 25.4 Å². The second kappa shape index (κ2) is 9.59. The van der Waals surface area contributed by atoms with Crippen LogP contribution in [-0.2, 0) is 9.59 Å². The van der Waals surface area contributed by atoms with Crippen molar-refractivity contribution in [3.63, 3.8) is 0 Å². The second-order valence-corrected chi connectivity index (χ2v) is 9.21. The Morgan fingerprint density at radius 3 is 2.33 bits per heavy atom. The molecule has 0 bridgehead atoms. The summed E-state index contributed by atoms with van der Waals surface area (Å²) < 4.78 is 1.79. The Morgan fingerprint density at radius 2 is 1.75 bits per heavy atom. The number of carbonyl (C=O) groups is 2. The molecule has 0 atom stereocenters. The van der Waals surface area contributed by atoms with Gasteiger partial charge in [0.15, 0.2) is 8.68 Å². The molecule has 2 amide bonds. The van der Waals surface area contributed by atoms with E-state index in [-0.39, 0.29) is 11.8 Å². The van der Waals surface area contributed by atoms with Crippen molar-refractivity contribution in [2.24, 2.45) is 0 Å². The first-order valence-electron chi connectivity index (χ1n) is 7.79. The summed E-state index contributed by atoms with van der Waals surface area (Å²) >= 11 is 4.65. The van der Waals surface area contributed by atoms with Crippen LogP contribution in [0.2, 0.25) is 0 Å². The number of likely N-dealkylation sites (N-methyl/N-ethyl adjacent to an activating group) is 1. The Morgan fingerprint density at radius 1 is 1.12 bits per heavy atom. The van der Waals surface area contributed by atoms with Crippen molar-refractivity contribution < 1.29 is 9.59 Å². The molecule has 0 spiro atoms. The van der Waals surface area contributed by atoms with Crippen LogP contribution in [0.5, 0.6) is 0 Å². The number of piperazine rings is 1. The summed E-state index contributed by atoms with van der Waals surface area (Å²) in [6, 6.07) is 0. The molecule has 1 fully saturated rings. The van der Waals surface area contributed by atoms with Gasteiger partial charge in [-0.25, -0.2) is 0 Å². The van der Waals surface area contributed by atoms with Gasteiger partial charge in [-0.3, -0.25) is 14.5 Å². The van der Waals surface area contributed by atoms with Gasteiger partial charge in [0, 0.05) is 40.3 Å². The Labute approximate surface area is 155 Å². The summed E-state index contributed by atoms with van der Waals surface area (Å²) in [6.07, 6.45) is 0. The summed E-state index contributed by atoms with van der Waals surface area (Å²) in [4.78, 5) is 29.6. The third kappa shape index (κ3) is 5.91. The summed E-state index contributed by atoms with van der Waals surface area (Å²) in [7, 11) is 3.52.